The van der Waals surface area contributed by atoms with Crippen LogP contribution in [-0.2, 0) is 14.3 Å². The van der Waals surface area contributed by atoms with E-state index >= 15 is 0 Å². The molecule has 78 valence electrons. The van der Waals surface area contributed by atoms with E-state index in [1.54, 1.807) is 6.92 Å². The predicted molar refractivity (Wildman–Crippen MR) is 48.5 cm³/mol. The van der Waals surface area contributed by atoms with Gasteiger partial charge < -0.3 is 15.4 Å². The maximum Gasteiger partial charge on any atom is 0.329 e. The van der Waals surface area contributed by atoms with Gasteiger partial charge in [0.2, 0.25) is 5.91 Å². The van der Waals surface area contributed by atoms with Gasteiger partial charge in [-0.1, -0.05) is 0 Å². The second-order valence-electron chi connectivity index (χ2n) is 3.90. The summed E-state index contributed by atoms with van der Waals surface area (Å²) in [7, 11) is 0. The number of hydrogen-bond donors (Lipinski definition) is 2. The van der Waals surface area contributed by atoms with E-state index in [9.17, 15) is 9.59 Å². The Morgan fingerprint density at radius 1 is 1.64 bits per heavy atom. The van der Waals surface area contributed by atoms with E-state index in [1.165, 1.54) is 0 Å². The monoisotopic (exact) mass is 198 g/mol. The Hall–Kier alpha value is -1.10. The van der Waals surface area contributed by atoms with Crippen LogP contribution in [0.15, 0.2) is 0 Å². The lowest BCUT2D eigenvalue weighted by molar-refractivity contribution is -0.149. The summed E-state index contributed by atoms with van der Waals surface area (Å²) < 4.78 is 4.92. The van der Waals surface area contributed by atoms with Crippen LogP contribution in [0.1, 0.15) is 13.3 Å². The van der Waals surface area contributed by atoms with E-state index in [-0.39, 0.29) is 17.3 Å². The number of rotatable bonds is 2. The number of carbonyl (C=O) groups is 2. The lowest BCUT2D eigenvalue weighted by Gasteiger charge is -2.41. The second-order valence-corrected chi connectivity index (χ2v) is 3.90. The zero-order valence-corrected chi connectivity index (χ0v) is 8.13. The van der Waals surface area contributed by atoms with Crippen molar-refractivity contribution in [2.45, 2.75) is 19.4 Å². The summed E-state index contributed by atoms with van der Waals surface area (Å²) in [4.78, 5) is 22.8. The molecule has 0 saturated carbocycles. The molecule has 2 rings (SSSR count). The number of nitrogens with one attached hydrogen (secondary N) is 2. The van der Waals surface area contributed by atoms with Crippen molar-refractivity contribution in [2.24, 2.45) is 5.41 Å². The SMILES string of the molecule is CCOC(=O)C1NC(=O)CC12CNC2. The van der Waals surface area contributed by atoms with Gasteiger partial charge in [0, 0.05) is 24.9 Å². The van der Waals surface area contributed by atoms with Gasteiger partial charge in [-0.15, -0.1) is 0 Å². The van der Waals surface area contributed by atoms with Crippen molar-refractivity contribution < 1.29 is 14.3 Å². The molecular weight excluding hydrogens is 184 g/mol. The Morgan fingerprint density at radius 3 is 2.86 bits per heavy atom. The molecule has 2 heterocycles. The zero-order chi connectivity index (χ0) is 10.2. The predicted octanol–water partition coefficient (Wildman–Crippen LogP) is -0.972. The third-order valence-corrected chi connectivity index (χ3v) is 2.91. The van der Waals surface area contributed by atoms with E-state index in [0.29, 0.717) is 13.0 Å². The third-order valence-electron chi connectivity index (χ3n) is 2.91. The van der Waals surface area contributed by atoms with Crippen LogP contribution in [-0.4, -0.2) is 37.6 Å². The molecule has 0 aromatic heterocycles. The van der Waals surface area contributed by atoms with Gasteiger partial charge in [-0.05, 0) is 6.92 Å². The minimum absolute atomic E-state index is 0.0513. The number of esters is 1. The van der Waals surface area contributed by atoms with Crippen molar-refractivity contribution in [1.29, 1.82) is 0 Å². The van der Waals surface area contributed by atoms with Crippen molar-refractivity contribution in [1.82, 2.24) is 10.6 Å². The van der Waals surface area contributed by atoms with E-state index in [2.05, 4.69) is 10.6 Å². The van der Waals surface area contributed by atoms with Gasteiger partial charge in [-0.2, -0.15) is 0 Å². The molecule has 5 heteroatoms. The number of amides is 1. The Morgan fingerprint density at radius 2 is 2.36 bits per heavy atom. The summed E-state index contributed by atoms with van der Waals surface area (Å²) in [5.41, 5.74) is -0.219. The molecule has 1 spiro atoms. The van der Waals surface area contributed by atoms with Crippen molar-refractivity contribution in [3.05, 3.63) is 0 Å². The lowest BCUT2D eigenvalue weighted by Crippen LogP contribution is -2.61. The topological polar surface area (TPSA) is 67.4 Å². The van der Waals surface area contributed by atoms with Gasteiger partial charge in [-0.3, -0.25) is 4.79 Å². The van der Waals surface area contributed by atoms with E-state index in [0.717, 1.165) is 13.1 Å². The summed E-state index contributed by atoms with van der Waals surface area (Å²) >= 11 is 0. The smallest absolute Gasteiger partial charge is 0.329 e. The molecule has 0 aliphatic carbocycles. The van der Waals surface area contributed by atoms with Crippen molar-refractivity contribution in [2.75, 3.05) is 19.7 Å². The number of carbonyl (C=O) groups excluding carboxylic acids is 2. The number of hydrogen-bond acceptors (Lipinski definition) is 4. The highest BCUT2D eigenvalue weighted by Gasteiger charge is 2.54. The summed E-state index contributed by atoms with van der Waals surface area (Å²) in [6.07, 6.45) is 0.434. The van der Waals surface area contributed by atoms with Crippen LogP contribution in [0.3, 0.4) is 0 Å². The molecule has 0 bridgehead atoms. The second kappa shape index (κ2) is 3.24. The van der Waals surface area contributed by atoms with E-state index in [4.69, 9.17) is 4.74 Å². The molecule has 2 aliphatic heterocycles. The van der Waals surface area contributed by atoms with Crippen LogP contribution >= 0.6 is 0 Å². The molecule has 1 unspecified atom stereocenters. The molecule has 0 radical (unpaired) electrons. The standard InChI is InChI=1S/C9H14N2O3/c1-2-14-8(13)7-9(4-10-5-9)3-6(12)11-7/h7,10H,2-5H2,1H3,(H,11,12). The first kappa shape index (κ1) is 9.45. The van der Waals surface area contributed by atoms with Crippen LogP contribution in [0.5, 0.6) is 0 Å². The lowest BCUT2D eigenvalue weighted by atomic mass is 9.75. The van der Waals surface area contributed by atoms with Gasteiger partial charge in [0.25, 0.3) is 0 Å². The average Bonchev–Trinajstić information content (AvgIpc) is 2.43. The fraction of sp³-hybridized carbons (Fsp3) is 0.778. The fourth-order valence-corrected chi connectivity index (χ4v) is 2.10. The highest BCUT2D eigenvalue weighted by molar-refractivity contribution is 5.90. The van der Waals surface area contributed by atoms with Crippen LogP contribution in [0.25, 0.3) is 0 Å². The van der Waals surface area contributed by atoms with E-state index < -0.39 is 6.04 Å². The summed E-state index contributed by atoms with van der Waals surface area (Å²) in [6, 6.07) is -0.448. The van der Waals surface area contributed by atoms with Crippen LogP contribution in [0.2, 0.25) is 0 Å². The molecule has 2 saturated heterocycles. The van der Waals surface area contributed by atoms with Crippen molar-refractivity contribution >= 4 is 11.9 Å². The van der Waals surface area contributed by atoms with Gasteiger partial charge in [0.05, 0.1) is 6.61 Å². The maximum absolute atomic E-state index is 11.5. The Bertz CT molecular complexity index is 273. The summed E-state index contributed by atoms with van der Waals surface area (Å²) in [5.74, 6) is -0.357. The largest absolute Gasteiger partial charge is 0.464 e. The average molecular weight is 198 g/mol. The van der Waals surface area contributed by atoms with Gasteiger partial charge >= 0.3 is 5.97 Å². The normalized spacial score (nSPS) is 28.4. The molecule has 5 nitrogen and oxygen atoms in total. The Kier molecular flexibility index (Phi) is 2.19. The fourth-order valence-electron chi connectivity index (χ4n) is 2.10. The Labute approximate surface area is 82.2 Å². The highest BCUT2D eigenvalue weighted by atomic mass is 16.5. The maximum atomic E-state index is 11.5. The van der Waals surface area contributed by atoms with Gasteiger partial charge in [0.1, 0.15) is 6.04 Å². The van der Waals surface area contributed by atoms with Crippen LogP contribution < -0.4 is 10.6 Å². The molecule has 1 amide bonds. The van der Waals surface area contributed by atoms with Gasteiger partial charge in [-0.25, -0.2) is 4.79 Å². The summed E-state index contributed by atoms with van der Waals surface area (Å²) in [6.45, 7) is 3.56. The number of ether oxygens (including phenoxy) is 1. The van der Waals surface area contributed by atoms with E-state index in [1.807, 2.05) is 0 Å². The van der Waals surface area contributed by atoms with Crippen molar-refractivity contribution in [3.63, 3.8) is 0 Å². The quantitative estimate of drug-likeness (QED) is 0.560. The minimum atomic E-state index is -0.448. The minimum Gasteiger partial charge on any atom is -0.464 e. The molecule has 0 aromatic carbocycles. The van der Waals surface area contributed by atoms with Crippen LogP contribution in [0.4, 0.5) is 0 Å². The molecule has 0 aromatic rings. The van der Waals surface area contributed by atoms with Crippen LogP contribution in [0, 0.1) is 5.41 Å². The first-order valence-corrected chi connectivity index (χ1v) is 4.85. The third kappa shape index (κ3) is 1.28. The zero-order valence-electron chi connectivity index (χ0n) is 8.13. The molecule has 14 heavy (non-hydrogen) atoms. The molecule has 1 atom stereocenters. The Balaban J connectivity index is 2.09. The first-order chi connectivity index (χ1) is 6.68. The molecule has 2 N–H and O–H groups in total. The molecule has 2 fully saturated rings. The van der Waals surface area contributed by atoms with Gasteiger partial charge in [0.15, 0.2) is 0 Å². The molecular formula is C9H14N2O3. The summed E-state index contributed by atoms with van der Waals surface area (Å²) in [5, 5.41) is 5.77. The first-order valence-electron chi connectivity index (χ1n) is 4.85. The molecule has 2 aliphatic rings. The van der Waals surface area contributed by atoms with Crippen molar-refractivity contribution in [3.8, 4) is 0 Å². The highest BCUT2D eigenvalue weighted by Crippen LogP contribution is 2.36.